The topological polar surface area (TPSA) is 53.4 Å². The van der Waals surface area contributed by atoms with Gasteiger partial charge in [-0.15, -0.1) is 0 Å². The quantitative estimate of drug-likeness (QED) is 0.890. The predicted octanol–water partition coefficient (Wildman–Crippen LogP) is 2.72. The van der Waals surface area contributed by atoms with E-state index in [0.717, 1.165) is 37.4 Å². The molecule has 0 unspecified atom stereocenters. The number of piperidine rings is 1. The second kappa shape index (κ2) is 5.85. The van der Waals surface area contributed by atoms with Gasteiger partial charge in [0.2, 0.25) is 0 Å². The van der Waals surface area contributed by atoms with E-state index in [1.54, 1.807) is 12.1 Å². The van der Waals surface area contributed by atoms with Crippen molar-refractivity contribution in [1.82, 2.24) is 4.98 Å². The smallest absolute Gasteiger partial charge is 0.335 e. The number of rotatable bonds is 4. The zero-order valence-electron chi connectivity index (χ0n) is 10.9. The minimum Gasteiger partial charge on any atom is -0.478 e. The van der Waals surface area contributed by atoms with E-state index in [4.69, 9.17) is 5.11 Å². The summed E-state index contributed by atoms with van der Waals surface area (Å²) in [6, 6.07) is 3.39. The van der Waals surface area contributed by atoms with E-state index < -0.39 is 5.97 Å². The van der Waals surface area contributed by atoms with Crippen LogP contribution in [0.3, 0.4) is 0 Å². The Bertz CT molecular complexity index is 426. The number of hydrogen-bond acceptors (Lipinski definition) is 3. The van der Waals surface area contributed by atoms with Gasteiger partial charge in [0.1, 0.15) is 5.82 Å². The fourth-order valence-corrected chi connectivity index (χ4v) is 2.36. The molecule has 98 valence electrons. The van der Waals surface area contributed by atoms with Crippen LogP contribution < -0.4 is 4.90 Å². The molecule has 2 heterocycles. The van der Waals surface area contributed by atoms with Gasteiger partial charge in [-0.1, -0.05) is 13.3 Å². The molecule has 18 heavy (non-hydrogen) atoms. The molecule has 0 amide bonds. The van der Waals surface area contributed by atoms with Gasteiger partial charge < -0.3 is 10.0 Å². The molecule has 0 spiro atoms. The number of hydrogen-bond donors (Lipinski definition) is 1. The second-order valence-corrected chi connectivity index (χ2v) is 4.81. The van der Waals surface area contributed by atoms with E-state index in [2.05, 4.69) is 16.8 Å². The summed E-state index contributed by atoms with van der Waals surface area (Å²) in [5, 5.41) is 9.15. The van der Waals surface area contributed by atoms with Crippen LogP contribution in [0, 0.1) is 0 Å². The van der Waals surface area contributed by atoms with Crippen molar-refractivity contribution in [3.63, 3.8) is 0 Å². The molecule has 0 aliphatic carbocycles. The molecule has 2 rings (SSSR count). The lowest BCUT2D eigenvalue weighted by Gasteiger charge is -2.28. The summed E-state index contributed by atoms with van der Waals surface area (Å²) in [4.78, 5) is 17.9. The summed E-state index contributed by atoms with van der Waals surface area (Å²) in [5.74, 6) is -0.0361. The molecule has 1 saturated heterocycles. The van der Waals surface area contributed by atoms with Gasteiger partial charge in [-0.3, -0.25) is 0 Å². The van der Waals surface area contributed by atoms with Crippen molar-refractivity contribution in [2.45, 2.75) is 39.0 Å². The van der Waals surface area contributed by atoms with E-state index in [1.807, 2.05) is 0 Å². The number of aryl methyl sites for hydroxylation is 1. The first-order valence-corrected chi connectivity index (χ1v) is 6.70. The van der Waals surface area contributed by atoms with Crippen molar-refractivity contribution < 1.29 is 9.90 Å². The van der Waals surface area contributed by atoms with Crippen LogP contribution in [-0.2, 0) is 6.42 Å². The molecule has 0 aromatic carbocycles. The summed E-state index contributed by atoms with van der Waals surface area (Å²) in [5.41, 5.74) is 1.24. The summed E-state index contributed by atoms with van der Waals surface area (Å²) in [7, 11) is 0. The first-order valence-electron chi connectivity index (χ1n) is 6.70. The number of carbonyl (C=O) groups is 1. The summed E-state index contributed by atoms with van der Waals surface area (Å²) in [6.07, 6.45) is 5.42. The molecule has 0 saturated carbocycles. The Balaban J connectivity index is 2.29. The van der Waals surface area contributed by atoms with Gasteiger partial charge in [0.05, 0.1) is 5.56 Å². The van der Waals surface area contributed by atoms with Gasteiger partial charge in [-0.25, -0.2) is 9.78 Å². The number of aromatic nitrogens is 1. The molecule has 1 aromatic rings. The molecule has 1 N–H and O–H groups in total. The molecule has 4 heteroatoms. The fourth-order valence-electron chi connectivity index (χ4n) is 2.36. The molecule has 0 radical (unpaired) electrons. The van der Waals surface area contributed by atoms with Crippen molar-refractivity contribution in [3.8, 4) is 0 Å². The molecular weight excluding hydrogens is 228 g/mol. The van der Waals surface area contributed by atoms with E-state index >= 15 is 0 Å². The minimum atomic E-state index is -0.868. The normalized spacial score (nSPS) is 15.7. The Morgan fingerprint density at radius 1 is 1.33 bits per heavy atom. The third-order valence-corrected chi connectivity index (χ3v) is 3.30. The monoisotopic (exact) mass is 248 g/mol. The van der Waals surface area contributed by atoms with Crippen molar-refractivity contribution >= 4 is 11.8 Å². The molecule has 1 aliphatic rings. The number of carboxylic acid groups (broad SMARTS) is 1. The van der Waals surface area contributed by atoms with Crippen molar-refractivity contribution in [3.05, 3.63) is 23.4 Å². The summed E-state index contributed by atoms with van der Waals surface area (Å²) < 4.78 is 0. The highest BCUT2D eigenvalue weighted by molar-refractivity contribution is 5.88. The number of nitrogens with zero attached hydrogens (tertiary/aromatic N) is 2. The van der Waals surface area contributed by atoms with Crippen molar-refractivity contribution in [2.24, 2.45) is 0 Å². The third-order valence-electron chi connectivity index (χ3n) is 3.30. The Hall–Kier alpha value is -1.58. The molecule has 1 aliphatic heterocycles. The average molecular weight is 248 g/mol. The lowest BCUT2D eigenvalue weighted by molar-refractivity contribution is 0.0696. The summed E-state index contributed by atoms with van der Waals surface area (Å²) >= 11 is 0. The molecule has 1 fully saturated rings. The van der Waals surface area contributed by atoms with Crippen LogP contribution in [0.2, 0.25) is 0 Å². The van der Waals surface area contributed by atoms with Gasteiger partial charge in [-0.2, -0.15) is 0 Å². The maximum Gasteiger partial charge on any atom is 0.335 e. The fraction of sp³-hybridized carbons (Fsp3) is 0.571. The van der Waals surface area contributed by atoms with Crippen LogP contribution in [0.1, 0.15) is 48.7 Å². The second-order valence-electron chi connectivity index (χ2n) is 4.81. The molecule has 0 bridgehead atoms. The molecule has 4 nitrogen and oxygen atoms in total. The third kappa shape index (κ3) is 3.00. The van der Waals surface area contributed by atoms with E-state index in [0.29, 0.717) is 5.56 Å². The van der Waals surface area contributed by atoms with Crippen LogP contribution in [-0.4, -0.2) is 29.1 Å². The molecule has 1 aromatic heterocycles. The maximum absolute atomic E-state index is 11.1. The highest BCUT2D eigenvalue weighted by Crippen LogP contribution is 2.20. The zero-order valence-corrected chi connectivity index (χ0v) is 10.9. The van der Waals surface area contributed by atoms with E-state index in [9.17, 15) is 4.79 Å². The van der Waals surface area contributed by atoms with Crippen molar-refractivity contribution in [2.75, 3.05) is 18.0 Å². The lowest BCUT2D eigenvalue weighted by atomic mass is 10.1. The zero-order chi connectivity index (χ0) is 13.0. The van der Waals surface area contributed by atoms with Crippen LogP contribution in [0.5, 0.6) is 0 Å². The van der Waals surface area contributed by atoms with Gasteiger partial charge >= 0.3 is 5.97 Å². The Labute approximate surface area is 108 Å². The average Bonchev–Trinajstić information content (AvgIpc) is 2.40. The van der Waals surface area contributed by atoms with Gasteiger partial charge in [0.25, 0.3) is 0 Å². The SMILES string of the molecule is CCCc1cc(C(=O)O)cc(N2CCCCC2)n1. The molecular formula is C14H20N2O2. The van der Waals surface area contributed by atoms with Crippen LogP contribution >= 0.6 is 0 Å². The Kier molecular flexibility index (Phi) is 4.18. The Morgan fingerprint density at radius 3 is 2.67 bits per heavy atom. The number of pyridine rings is 1. The Morgan fingerprint density at radius 2 is 2.06 bits per heavy atom. The van der Waals surface area contributed by atoms with Crippen LogP contribution in [0.15, 0.2) is 12.1 Å². The number of aromatic carboxylic acids is 1. The molecule has 0 atom stereocenters. The van der Waals surface area contributed by atoms with E-state index in [-0.39, 0.29) is 0 Å². The number of anilines is 1. The lowest BCUT2D eigenvalue weighted by Crippen LogP contribution is -2.30. The van der Waals surface area contributed by atoms with Crippen LogP contribution in [0.25, 0.3) is 0 Å². The van der Waals surface area contributed by atoms with Gasteiger partial charge in [0.15, 0.2) is 0 Å². The standard InChI is InChI=1S/C14H20N2O2/c1-2-6-12-9-11(14(17)18)10-13(15-12)16-7-4-3-5-8-16/h9-10H,2-8H2,1H3,(H,17,18). The first kappa shape index (κ1) is 12.9. The van der Waals surface area contributed by atoms with E-state index in [1.165, 1.54) is 19.3 Å². The van der Waals surface area contributed by atoms with Gasteiger partial charge in [0, 0.05) is 18.8 Å². The van der Waals surface area contributed by atoms with Crippen LogP contribution in [0.4, 0.5) is 5.82 Å². The summed E-state index contributed by atoms with van der Waals surface area (Å²) in [6.45, 7) is 4.05. The highest BCUT2D eigenvalue weighted by Gasteiger charge is 2.15. The number of carboxylic acids is 1. The maximum atomic E-state index is 11.1. The minimum absolute atomic E-state index is 0.356. The predicted molar refractivity (Wildman–Crippen MR) is 71.3 cm³/mol. The highest BCUT2D eigenvalue weighted by atomic mass is 16.4. The van der Waals surface area contributed by atoms with Gasteiger partial charge in [-0.05, 0) is 37.8 Å². The largest absolute Gasteiger partial charge is 0.478 e. The van der Waals surface area contributed by atoms with Crippen molar-refractivity contribution in [1.29, 1.82) is 0 Å². The first-order chi connectivity index (χ1) is 8.70.